The monoisotopic (exact) mass is 325 g/mol. The highest BCUT2D eigenvalue weighted by Gasteiger charge is 2.15. The predicted molar refractivity (Wildman–Crippen MR) is 85.8 cm³/mol. The Kier molecular flexibility index (Phi) is 7.17. The number of nitrogens with one attached hydrogen (secondary N) is 1. The molecule has 1 aromatic carbocycles. The van der Waals surface area contributed by atoms with E-state index in [4.69, 9.17) is 4.74 Å². The van der Waals surface area contributed by atoms with Gasteiger partial charge in [0.25, 0.3) is 0 Å². The molecular weight excluding hydrogens is 302 g/mol. The van der Waals surface area contributed by atoms with E-state index >= 15 is 0 Å². The summed E-state index contributed by atoms with van der Waals surface area (Å²) in [5, 5.41) is 3.60. The Bertz CT molecular complexity index is 417. The Morgan fingerprint density at radius 2 is 2.16 bits per heavy atom. The van der Waals surface area contributed by atoms with Crippen LogP contribution in [0, 0.1) is 0 Å². The number of benzene rings is 1. The van der Waals surface area contributed by atoms with Crippen LogP contribution in [0.25, 0.3) is 0 Å². The minimum absolute atomic E-state index is 0.289. The fourth-order valence-corrected chi connectivity index (χ4v) is 2.48. The highest BCUT2D eigenvalue weighted by atomic mass is 79.9. The van der Waals surface area contributed by atoms with Crippen LogP contribution >= 0.6 is 15.9 Å². The normalized spacial score (nSPS) is 12.2. The van der Waals surface area contributed by atoms with E-state index in [0.29, 0.717) is 0 Å². The third kappa shape index (κ3) is 5.00. The summed E-state index contributed by atoms with van der Waals surface area (Å²) in [6, 6.07) is 6.40. The summed E-state index contributed by atoms with van der Waals surface area (Å²) in [6.07, 6.45) is 3.10. The molecule has 106 valence electrons. The van der Waals surface area contributed by atoms with Crippen LogP contribution < -0.4 is 10.1 Å². The maximum Gasteiger partial charge on any atom is 0.119 e. The molecule has 1 aromatic rings. The highest BCUT2D eigenvalue weighted by molar-refractivity contribution is 9.10. The van der Waals surface area contributed by atoms with E-state index in [0.717, 1.165) is 36.0 Å². The Balaban J connectivity index is 2.97. The minimum atomic E-state index is 0.289. The molecule has 0 saturated carbocycles. The second kappa shape index (κ2) is 8.39. The average Bonchev–Trinajstić information content (AvgIpc) is 2.43. The van der Waals surface area contributed by atoms with Crippen LogP contribution in [0.3, 0.4) is 0 Å². The van der Waals surface area contributed by atoms with Crippen molar-refractivity contribution in [1.29, 1.82) is 0 Å². The third-order valence-electron chi connectivity index (χ3n) is 3.21. The van der Waals surface area contributed by atoms with Crippen molar-refractivity contribution in [1.82, 2.24) is 5.32 Å². The molecular formula is C16H24BrNO. The molecule has 1 rings (SSSR count). The van der Waals surface area contributed by atoms with Crippen molar-refractivity contribution in [2.75, 3.05) is 13.7 Å². The lowest BCUT2D eigenvalue weighted by molar-refractivity contribution is 0.412. The van der Waals surface area contributed by atoms with Crippen LogP contribution in [0.5, 0.6) is 5.75 Å². The zero-order valence-electron chi connectivity index (χ0n) is 12.1. The van der Waals surface area contributed by atoms with Gasteiger partial charge in [-0.2, -0.15) is 0 Å². The van der Waals surface area contributed by atoms with Crippen molar-refractivity contribution in [2.45, 2.75) is 39.2 Å². The first-order valence-electron chi connectivity index (χ1n) is 6.85. The first-order valence-corrected chi connectivity index (χ1v) is 7.65. The topological polar surface area (TPSA) is 21.3 Å². The highest BCUT2D eigenvalue weighted by Crippen LogP contribution is 2.31. The number of rotatable bonds is 8. The number of hydrogen-bond acceptors (Lipinski definition) is 2. The molecule has 0 fully saturated rings. The summed E-state index contributed by atoms with van der Waals surface area (Å²) in [4.78, 5) is 0. The zero-order valence-corrected chi connectivity index (χ0v) is 13.7. The van der Waals surface area contributed by atoms with Gasteiger partial charge in [0.05, 0.1) is 7.11 Å². The summed E-state index contributed by atoms with van der Waals surface area (Å²) >= 11 is 3.64. The Labute approximate surface area is 125 Å². The molecule has 0 heterocycles. The Morgan fingerprint density at radius 1 is 1.42 bits per heavy atom. The van der Waals surface area contributed by atoms with Gasteiger partial charge in [-0.05, 0) is 49.6 Å². The smallest absolute Gasteiger partial charge is 0.119 e. The number of methoxy groups -OCH3 is 1. The molecule has 0 aromatic heterocycles. The van der Waals surface area contributed by atoms with Crippen molar-refractivity contribution in [2.24, 2.45) is 0 Å². The van der Waals surface area contributed by atoms with Crippen molar-refractivity contribution >= 4 is 15.9 Å². The summed E-state index contributed by atoms with van der Waals surface area (Å²) in [5.41, 5.74) is 2.51. The minimum Gasteiger partial charge on any atom is -0.497 e. The van der Waals surface area contributed by atoms with E-state index in [1.54, 1.807) is 7.11 Å². The van der Waals surface area contributed by atoms with Crippen LogP contribution in [0.2, 0.25) is 0 Å². The quantitative estimate of drug-likeness (QED) is 0.689. The maximum atomic E-state index is 5.32. The molecule has 1 unspecified atom stereocenters. The maximum absolute atomic E-state index is 5.32. The van der Waals surface area contributed by atoms with E-state index in [-0.39, 0.29) is 6.04 Å². The van der Waals surface area contributed by atoms with Gasteiger partial charge in [-0.15, -0.1) is 0 Å². The summed E-state index contributed by atoms with van der Waals surface area (Å²) in [6.45, 7) is 9.47. The van der Waals surface area contributed by atoms with Gasteiger partial charge in [0.15, 0.2) is 0 Å². The summed E-state index contributed by atoms with van der Waals surface area (Å²) in [7, 11) is 1.70. The lowest BCUT2D eigenvalue weighted by Gasteiger charge is -2.21. The molecule has 0 amide bonds. The second-order valence-corrected chi connectivity index (χ2v) is 5.56. The average molecular weight is 326 g/mol. The van der Waals surface area contributed by atoms with E-state index in [1.807, 2.05) is 12.1 Å². The van der Waals surface area contributed by atoms with Gasteiger partial charge in [-0.25, -0.2) is 0 Å². The van der Waals surface area contributed by atoms with Gasteiger partial charge in [-0.3, -0.25) is 0 Å². The van der Waals surface area contributed by atoms with E-state index in [9.17, 15) is 0 Å². The number of ether oxygens (including phenoxy) is 1. The van der Waals surface area contributed by atoms with E-state index < -0.39 is 0 Å². The van der Waals surface area contributed by atoms with Crippen molar-refractivity contribution in [3.8, 4) is 5.75 Å². The van der Waals surface area contributed by atoms with Gasteiger partial charge in [-0.1, -0.05) is 41.9 Å². The fourth-order valence-electron chi connectivity index (χ4n) is 1.96. The van der Waals surface area contributed by atoms with Gasteiger partial charge in [0, 0.05) is 10.5 Å². The van der Waals surface area contributed by atoms with Crippen molar-refractivity contribution in [3.05, 3.63) is 40.4 Å². The van der Waals surface area contributed by atoms with Gasteiger partial charge in [0.2, 0.25) is 0 Å². The van der Waals surface area contributed by atoms with E-state index in [1.165, 1.54) is 11.1 Å². The lowest BCUT2D eigenvalue weighted by atomic mass is 9.98. The molecule has 0 bridgehead atoms. The summed E-state index contributed by atoms with van der Waals surface area (Å²) in [5.74, 6) is 0.892. The van der Waals surface area contributed by atoms with E-state index in [2.05, 4.69) is 47.7 Å². The molecule has 0 saturated heterocycles. The predicted octanol–water partition coefficient (Wildman–Crippen LogP) is 4.85. The van der Waals surface area contributed by atoms with Gasteiger partial charge in [0.1, 0.15) is 5.75 Å². The first kappa shape index (κ1) is 16.3. The molecule has 0 aliphatic carbocycles. The Morgan fingerprint density at radius 3 is 2.74 bits per heavy atom. The fraction of sp³-hybridized carbons (Fsp3) is 0.500. The standard InChI is InChI=1S/C16H24BrNO/c1-5-9-18-16(10-12(3)6-2)14-11-13(19-4)7-8-15(14)17/h7-8,11,16,18H,3,5-6,9-10H2,1-2,4H3. The molecule has 2 nitrogen and oxygen atoms in total. The molecule has 1 atom stereocenters. The summed E-state index contributed by atoms with van der Waals surface area (Å²) < 4.78 is 6.44. The van der Waals surface area contributed by atoms with Gasteiger partial charge < -0.3 is 10.1 Å². The second-order valence-electron chi connectivity index (χ2n) is 4.70. The molecule has 0 aliphatic heterocycles. The first-order chi connectivity index (χ1) is 9.12. The number of halogens is 1. The molecule has 0 radical (unpaired) electrons. The van der Waals surface area contributed by atoms with Crippen LogP contribution in [0.15, 0.2) is 34.8 Å². The molecule has 0 aliphatic rings. The molecule has 3 heteroatoms. The third-order valence-corrected chi connectivity index (χ3v) is 3.93. The van der Waals surface area contributed by atoms with Gasteiger partial charge >= 0.3 is 0 Å². The Hall–Kier alpha value is -0.800. The lowest BCUT2D eigenvalue weighted by Crippen LogP contribution is -2.23. The largest absolute Gasteiger partial charge is 0.497 e. The van der Waals surface area contributed by atoms with Crippen molar-refractivity contribution < 1.29 is 4.74 Å². The molecule has 1 N–H and O–H groups in total. The van der Waals surface area contributed by atoms with Crippen LogP contribution in [0.1, 0.15) is 44.7 Å². The van der Waals surface area contributed by atoms with Crippen LogP contribution in [-0.2, 0) is 0 Å². The number of hydrogen-bond donors (Lipinski definition) is 1. The van der Waals surface area contributed by atoms with Crippen LogP contribution in [0.4, 0.5) is 0 Å². The zero-order chi connectivity index (χ0) is 14.3. The van der Waals surface area contributed by atoms with Crippen molar-refractivity contribution in [3.63, 3.8) is 0 Å². The SMILES string of the molecule is C=C(CC)CC(NCCC)c1cc(OC)ccc1Br. The molecule has 0 spiro atoms. The molecule has 19 heavy (non-hydrogen) atoms. The van der Waals surface area contributed by atoms with Crippen LogP contribution in [-0.4, -0.2) is 13.7 Å².